The van der Waals surface area contributed by atoms with E-state index in [0.717, 1.165) is 20.6 Å². The number of sulfonamides is 1. The van der Waals surface area contributed by atoms with Gasteiger partial charge in [0.1, 0.15) is 12.6 Å². The van der Waals surface area contributed by atoms with E-state index in [-0.39, 0.29) is 18.5 Å². The molecule has 1 N–H and O–H groups in total. The van der Waals surface area contributed by atoms with Crippen molar-refractivity contribution in [1.82, 2.24) is 10.2 Å². The average Bonchev–Trinajstić information content (AvgIpc) is 2.69. The molecule has 0 aliphatic rings. The summed E-state index contributed by atoms with van der Waals surface area (Å²) in [6, 6.07) is 12.6. The predicted molar refractivity (Wildman–Crippen MR) is 131 cm³/mol. The second-order valence-corrected chi connectivity index (χ2v) is 11.0. The molecule has 0 radical (unpaired) electrons. The molecule has 2 amide bonds. The van der Waals surface area contributed by atoms with E-state index in [2.05, 4.69) is 21.2 Å². The lowest BCUT2D eigenvalue weighted by atomic mass is 10.1. The molecular weight excluding hydrogens is 518 g/mol. The minimum atomic E-state index is -3.77. The Morgan fingerprint density at radius 3 is 2.25 bits per heavy atom. The van der Waals surface area contributed by atoms with Gasteiger partial charge in [-0.05, 0) is 62.7 Å². The molecule has 0 heterocycles. The number of hydrogen-bond donors (Lipinski definition) is 1. The van der Waals surface area contributed by atoms with Crippen LogP contribution in [-0.2, 0) is 26.2 Å². The third-order valence-corrected chi connectivity index (χ3v) is 6.52. The maximum absolute atomic E-state index is 13.4. The van der Waals surface area contributed by atoms with Crippen LogP contribution in [0.25, 0.3) is 0 Å². The van der Waals surface area contributed by atoms with Gasteiger partial charge in [0.2, 0.25) is 21.8 Å². The summed E-state index contributed by atoms with van der Waals surface area (Å²) in [5.74, 6) is -0.822. The van der Waals surface area contributed by atoms with E-state index in [0.29, 0.717) is 10.7 Å². The molecule has 2 rings (SSSR count). The van der Waals surface area contributed by atoms with Crippen LogP contribution in [0, 0.1) is 0 Å². The van der Waals surface area contributed by atoms with Gasteiger partial charge in [0, 0.05) is 22.1 Å². The number of carbonyl (C=O) groups excluding carboxylic acids is 2. The molecule has 10 heteroatoms. The summed E-state index contributed by atoms with van der Waals surface area (Å²) in [6.07, 6.45) is 1.03. The number of rotatable bonds is 9. The highest BCUT2D eigenvalue weighted by molar-refractivity contribution is 9.10. The summed E-state index contributed by atoms with van der Waals surface area (Å²) >= 11 is 9.33. The zero-order valence-corrected chi connectivity index (χ0v) is 21.5. The fourth-order valence-corrected chi connectivity index (χ4v) is 4.46. The van der Waals surface area contributed by atoms with Crippen molar-refractivity contribution in [2.24, 2.45) is 0 Å². The quantitative estimate of drug-likeness (QED) is 0.520. The summed E-state index contributed by atoms with van der Waals surface area (Å²) < 4.78 is 26.8. The van der Waals surface area contributed by atoms with Crippen molar-refractivity contribution < 1.29 is 18.0 Å². The number of hydrogen-bond acceptors (Lipinski definition) is 4. The summed E-state index contributed by atoms with van der Waals surface area (Å²) in [4.78, 5) is 27.4. The molecule has 0 aliphatic carbocycles. The highest BCUT2D eigenvalue weighted by Crippen LogP contribution is 2.22. The fourth-order valence-electron chi connectivity index (χ4n) is 3.04. The SMILES string of the molecule is CC(C)NC(=O)C(C)N(Cc1cccc(Br)c1)C(=O)CN(c1ccc(Cl)cc1)S(C)(=O)=O. The van der Waals surface area contributed by atoms with Gasteiger partial charge in [0.05, 0.1) is 11.9 Å². The van der Waals surface area contributed by atoms with Crippen LogP contribution < -0.4 is 9.62 Å². The molecule has 174 valence electrons. The number of anilines is 1. The third kappa shape index (κ3) is 7.50. The largest absolute Gasteiger partial charge is 0.352 e. The van der Waals surface area contributed by atoms with Gasteiger partial charge in [0.25, 0.3) is 0 Å². The van der Waals surface area contributed by atoms with Crippen LogP contribution in [-0.4, -0.2) is 50.0 Å². The van der Waals surface area contributed by atoms with Crippen LogP contribution in [0.3, 0.4) is 0 Å². The number of amides is 2. The molecule has 0 aliphatic heterocycles. The zero-order chi connectivity index (χ0) is 24.1. The molecule has 1 unspecified atom stereocenters. The van der Waals surface area contributed by atoms with Crippen LogP contribution >= 0.6 is 27.5 Å². The van der Waals surface area contributed by atoms with E-state index in [4.69, 9.17) is 11.6 Å². The van der Waals surface area contributed by atoms with Crippen molar-refractivity contribution in [3.05, 3.63) is 63.6 Å². The van der Waals surface area contributed by atoms with Crippen LogP contribution in [0.15, 0.2) is 53.0 Å². The standard InChI is InChI=1S/C22H27BrClN3O4S/c1-15(2)25-22(29)16(3)26(13-17-6-5-7-18(23)12-17)21(28)14-27(32(4,30)31)20-10-8-19(24)9-11-20/h5-12,15-16H,13-14H2,1-4H3,(H,25,29). The second-order valence-electron chi connectivity index (χ2n) is 7.74. The monoisotopic (exact) mass is 543 g/mol. The predicted octanol–water partition coefficient (Wildman–Crippen LogP) is 3.81. The van der Waals surface area contributed by atoms with E-state index in [1.165, 1.54) is 17.0 Å². The highest BCUT2D eigenvalue weighted by atomic mass is 79.9. The Balaban J connectivity index is 2.38. The van der Waals surface area contributed by atoms with E-state index in [1.807, 2.05) is 38.1 Å². The van der Waals surface area contributed by atoms with Gasteiger partial charge in [-0.25, -0.2) is 8.42 Å². The molecular formula is C22H27BrClN3O4S. The first kappa shape index (κ1) is 26.2. The molecule has 1 atom stereocenters. The summed E-state index contributed by atoms with van der Waals surface area (Å²) in [7, 11) is -3.77. The molecule has 0 saturated heterocycles. The van der Waals surface area contributed by atoms with E-state index >= 15 is 0 Å². The Hall–Kier alpha value is -2.10. The number of halogens is 2. The summed E-state index contributed by atoms with van der Waals surface area (Å²) in [5.41, 5.74) is 1.11. The number of nitrogens with zero attached hydrogens (tertiary/aromatic N) is 2. The topological polar surface area (TPSA) is 86.8 Å². The smallest absolute Gasteiger partial charge is 0.244 e. The average molecular weight is 545 g/mol. The van der Waals surface area contributed by atoms with Crippen molar-refractivity contribution >= 4 is 55.1 Å². The van der Waals surface area contributed by atoms with E-state index < -0.39 is 28.5 Å². The van der Waals surface area contributed by atoms with Gasteiger partial charge in [0.15, 0.2) is 0 Å². The second kappa shape index (κ2) is 11.2. The lowest BCUT2D eigenvalue weighted by Crippen LogP contribution is -2.52. The van der Waals surface area contributed by atoms with Crippen LogP contribution in [0.4, 0.5) is 5.69 Å². The van der Waals surface area contributed by atoms with E-state index in [1.54, 1.807) is 19.1 Å². The van der Waals surface area contributed by atoms with Gasteiger partial charge in [-0.1, -0.05) is 39.7 Å². The Morgan fingerprint density at radius 1 is 1.09 bits per heavy atom. The fraction of sp³-hybridized carbons (Fsp3) is 0.364. The van der Waals surface area contributed by atoms with Crippen molar-refractivity contribution in [2.75, 3.05) is 17.1 Å². The molecule has 0 fully saturated rings. The Bertz CT molecular complexity index is 1060. The Kier molecular flexibility index (Phi) is 9.12. The highest BCUT2D eigenvalue weighted by Gasteiger charge is 2.30. The number of carbonyl (C=O) groups is 2. The van der Waals surface area contributed by atoms with Crippen molar-refractivity contribution in [1.29, 1.82) is 0 Å². The molecule has 2 aromatic rings. The van der Waals surface area contributed by atoms with E-state index in [9.17, 15) is 18.0 Å². The van der Waals surface area contributed by atoms with Gasteiger partial charge in [-0.3, -0.25) is 13.9 Å². The minimum Gasteiger partial charge on any atom is -0.352 e. The van der Waals surface area contributed by atoms with Gasteiger partial charge >= 0.3 is 0 Å². The van der Waals surface area contributed by atoms with Crippen molar-refractivity contribution in [3.8, 4) is 0 Å². The molecule has 0 spiro atoms. The van der Waals surface area contributed by atoms with Gasteiger partial charge in [-0.2, -0.15) is 0 Å². The third-order valence-electron chi connectivity index (χ3n) is 4.63. The van der Waals surface area contributed by atoms with Crippen LogP contribution in [0.1, 0.15) is 26.3 Å². The molecule has 0 saturated carbocycles. The van der Waals surface area contributed by atoms with Crippen molar-refractivity contribution in [3.63, 3.8) is 0 Å². The molecule has 0 aromatic heterocycles. The molecule has 0 bridgehead atoms. The first-order valence-electron chi connectivity index (χ1n) is 9.96. The molecule has 32 heavy (non-hydrogen) atoms. The first-order chi connectivity index (χ1) is 14.9. The lowest BCUT2D eigenvalue weighted by Gasteiger charge is -2.32. The normalized spacial score (nSPS) is 12.3. The zero-order valence-electron chi connectivity index (χ0n) is 18.4. The minimum absolute atomic E-state index is 0.102. The Labute approximate surface area is 202 Å². The molecule has 2 aromatic carbocycles. The number of benzene rings is 2. The van der Waals surface area contributed by atoms with Crippen LogP contribution in [0.5, 0.6) is 0 Å². The van der Waals surface area contributed by atoms with Gasteiger partial charge in [-0.15, -0.1) is 0 Å². The summed E-state index contributed by atoms with van der Waals surface area (Å²) in [6.45, 7) is 4.98. The van der Waals surface area contributed by atoms with Gasteiger partial charge < -0.3 is 10.2 Å². The lowest BCUT2D eigenvalue weighted by molar-refractivity contribution is -0.139. The maximum Gasteiger partial charge on any atom is 0.244 e. The first-order valence-corrected chi connectivity index (χ1v) is 13.0. The maximum atomic E-state index is 13.4. The number of nitrogens with one attached hydrogen (secondary N) is 1. The van der Waals surface area contributed by atoms with Crippen LogP contribution in [0.2, 0.25) is 5.02 Å². The van der Waals surface area contributed by atoms with Crippen molar-refractivity contribution in [2.45, 2.75) is 39.4 Å². The Morgan fingerprint density at radius 2 is 1.72 bits per heavy atom. The molecule has 7 nitrogen and oxygen atoms in total. The summed E-state index contributed by atoms with van der Waals surface area (Å²) in [5, 5.41) is 3.26.